The summed E-state index contributed by atoms with van der Waals surface area (Å²) in [4.78, 5) is 25.8. The summed E-state index contributed by atoms with van der Waals surface area (Å²) in [5, 5.41) is 24.4. The van der Waals surface area contributed by atoms with Gasteiger partial charge in [0.15, 0.2) is 5.82 Å². The first-order chi connectivity index (χ1) is 30.0. The zero-order valence-corrected chi connectivity index (χ0v) is 39.4. The summed E-state index contributed by atoms with van der Waals surface area (Å²) in [5.41, 5.74) is 7.89. The fourth-order valence-corrected chi connectivity index (χ4v) is 8.80. The average Bonchev–Trinajstić information content (AvgIpc) is 4.01. The van der Waals surface area contributed by atoms with E-state index >= 15 is 0 Å². The predicted octanol–water partition coefficient (Wildman–Crippen LogP) is 5.82. The highest BCUT2D eigenvalue weighted by molar-refractivity contribution is 14.1. The minimum atomic E-state index is -0.514. The molecule has 3 N–H and O–H groups in total. The number of hydrogen-bond acceptors (Lipinski definition) is 8. The maximum atomic E-state index is 12.5. The van der Waals surface area contributed by atoms with E-state index in [-0.39, 0.29) is 5.91 Å². The predicted molar refractivity (Wildman–Crippen MR) is 268 cm³/mol. The number of likely N-dealkylation sites (N-methyl/N-ethyl adjacent to an activating group) is 1. The van der Waals surface area contributed by atoms with Gasteiger partial charge in [-0.3, -0.25) is 14.5 Å². The fraction of sp³-hybridized carbons (Fsp3) is 0.400. The SMILES string of the molecule is C=C(NCC)c1ccc(-c2cc(N3CCC(C(=C)N4N=CCC4C4=CC=CCC4)CC3)nn2C)cc1.C=C/C(NCCI)=c1\c(=C)c(=C)n(C(CCC=O)C(=O)NC)\c1=C\CC. The second kappa shape index (κ2) is 23.2. The van der Waals surface area contributed by atoms with Crippen LogP contribution >= 0.6 is 22.6 Å². The third kappa shape index (κ3) is 11.2. The van der Waals surface area contributed by atoms with Crippen LogP contribution in [0.2, 0.25) is 0 Å². The molecule has 6 rings (SSSR count). The molecule has 0 saturated carbocycles. The number of aldehydes is 1. The Morgan fingerprint density at radius 1 is 1.10 bits per heavy atom. The molecule has 2 unspecified atom stereocenters. The quantitative estimate of drug-likeness (QED) is 0.0839. The number of aryl methyl sites for hydroxylation is 1. The number of alkyl halides is 1. The normalized spacial score (nSPS) is 17.5. The van der Waals surface area contributed by atoms with E-state index < -0.39 is 6.04 Å². The monoisotopic (exact) mass is 951 g/mol. The number of hydrazone groups is 1. The Kier molecular flexibility index (Phi) is 17.8. The first-order valence-electron chi connectivity index (χ1n) is 21.9. The molecule has 1 amide bonds. The number of nitrogens with zero attached hydrogens (tertiary/aromatic N) is 6. The van der Waals surface area contributed by atoms with Gasteiger partial charge in [-0.1, -0.05) is 111 Å². The van der Waals surface area contributed by atoms with E-state index in [4.69, 9.17) is 10.2 Å². The van der Waals surface area contributed by atoms with Crippen molar-refractivity contribution in [3.63, 3.8) is 0 Å². The van der Waals surface area contributed by atoms with Gasteiger partial charge in [-0.25, -0.2) is 0 Å². The Hall–Kier alpha value is -5.37. The molecule has 1 fully saturated rings. The van der Waals surface area contributed by atoms with Crippen LogP contribution in [0.5, 0.6) is 0 Å². The van der Waals surface area contributed by atoms with Gasteiger partial charge in [0.05, 0.1) is 11.7 Å². The smallest absolute Gasteiger partial charge is 0.242 e. The van der Waals surface area contributed by atoms with Crippen LogP contribution in [-0.2, 0) is 16.6 Å². The van der Waals surface area contributed by atoms with E-state index in [2.05, 4.69) is 149 Å². The minimum absolute atomic E-state index is 0.149. The number of amides is 1. The van der Waals surface area contributed by atoms with Gasteiger partial charge in [-0.05, 0) is 68.2 Å². The van der Waals surface area contributed by atoms with Crippen molar-refractivity contribution in [1.29, 1.82) is 0 Å². The maximum Gasteiger partial charge on any atom is 0.242 e. The molecule has 3 aliphatic rings. The second-order valence-electron chi connectivity index (χ2n) is 15.7. The number of piperidine rings is 1. The first kappa shape index (κ1) is 47.7. The maximum absolute atomic E-state index is 12.5. The molecule has 0 radical (unpaired) electrons. The molecule has 2 atom stereocenters. The molecule has 330 valence electrons. The van der Waals surface area contributed by atoms with Gasteiger partial charge in [0.2, 0.25) is 5.91 Å². The van der Waals surface area contributed by atoms with Gasteiger partial charge in [0.1, 0.15) is 12.3 Å². The largest absolute Gasteiger partial charge is 0.385 e. The zero-order valence-electron chi connectivity index (χ0n) is 37.3. The molecule has 4 heterocycles. The fourth-order valence-electron chi connectivity index (χ4n) is 8.54. The van der Waals surface area contributed by atoms with Crippen molar-refractivity contribution < 1.29 is 9.59 Å². The number of aromatic nitrogens is 3. The molecule has 2 aliphatic heterocycles. The number of hydrogen-bond donors (Lipinski definition) is 3. The number of halogens is 1. The molecule has 1 aliphatic carbocycles. The number of carbonyl (C=O) groups is 2. The van der Waals surface area contributed by atoms with Crippen LogP contribution in [0.1, 0.15) is 76.8 Å². The number of benzene rings is 1. The minimum Gasteiger partial charge on any atom is -0.385 e. The number of allylic oxidation sites excluding steroid dienone is 4. The van der Waals surface area contributed by atoms with Crippen LogP contribution in [-0.4, -0.2) is 81.5 Å². The second-order valence-corrected chi connectivity index (χ2v) is 16.8. The lowest BCUT2D eigenvalue weighted by Crippen LogP contribution is -2.43. The summed E-state index contributed by atoms with van der Waals surface area (Å²) < 4.78 is 4.84. The summed E-state index contributed by atoms with van der Waals surface area (Å²) in [7, 11) is 3.63. The van der Waals surface area contributed by atoms with Crippen LogP contribution in [0, 0.1) is 5.92 Å². The van der Waals surface area contributed by atoms with Crippen molar-refractivity contribution in [1.82, 2.24) is 35.3 Å². The standard InChI is InChI=1S/C30H38N6.C20H28IN3O2/c1-5-31-22(2)24-11-13-27(14-12-24)29-21-30(33-34(29)4)35-19-16-25(17-20-35)23(3)36-28(15-18-32-36)26-9-7-6-8-10-26;1-6-9-17-19(16(7-2)23-12-11-21)14(3)15(4)24(17)18(10-8-13-25)20(26)22-5/h6-7,9,11-14,18,21,25,28,31H,2-3,5,8,10,15-17,19-20H2,1,4H3;7,9,13,18,23H,2-4,6,8,10-12H2,1,5H3,(H,22,26)/b;17-9+,19-16-. The van der Waals surface area contributed by atoms with Crippen molar-refractivity contribution in [2.45, 2.75) is 77.3 Å². The molecule has 3 aromatic rings. The van der Waals surface area contributed by atoms with Crippen LogP contribution in [0.3, 0.4) is 0 Å². The van der Waals surface area contributed by atoms with Gasteiger partial charge >= 0.3 is 0 Å². The van der Waals surface area contributed by atoms with Crippen LogP contribution in [0.4, 0.5) is 5.82 Å². The van der Waals surface area contributed by atoms with E-state index in [9.17, 15) is 9.59 Å². The van der Waals surface area contributed by atoms with E-state index in [1.165, 1.54) is 11.3 Å². The summed E-state index contributed by atoms with van der Waals surface area (Å²) >= 11 is 2.30. The molecule has 1 aromatic carbocycles. The van der Waals surface area contributed by atoms with Gasteiger partial charge in [-0.15, -0.1) is 0 Å². The van der Waals surface area contributed by atoms with Gasteiger partial charge in [0.25, 0.3) is 0 Å². The van der Waals surface area contributed by atoms with Crippen LogP contribution in [0.25, 0.3) is 41.9 Å². The topological polar surface area (TPSA) is 112 Å². The van der Waals surface area contributed by atoms with E-state index in [1.54, 1.807) is 13.1 Å². The highest BCUT2D eigenvalue weighted by atomic mass is 127. The Labute approximate surface area is 381 Å². The van der Waals surface area contributed by atoms with Gasteiger partial charge in [0, 0.05) is 114 Å². The Morgan fingerprint density at radius 2 is 1.84 bits per heavy atom. The highest BCUT2D eigenvalue weighted by Crippen LogP contribution is 2.35. The van der Waals surface area contributed by atoms with E-state index in [1.807, 2.05) is 23.2 Å². The molecule has 62 heavy (non-hydrogen) atoms. The molecular weight excluding hydrogens is 886 g/mol. The Bertz CT molecular complexity index is 2400. The lowest BCUT2D eigenvalue weighted by atomic mass is 9.91. The van der Waals surface area contributed by atoms with Crippen molar-refractivity contribution in [2.75, 3.05) is 42.6 Å². The lowest BCUT2D eigenvalue weighted by molar-refractivity contribution is -0.124. The molecule has 0 bridgehead atoms. The van der Waals surface area contributed by atoms with Crippen LogP contribution in [0.15, 0.2) is 90.7 Å². The lowest BCUT2D eigenvalue weighted by Gasteiger charge is -2.37. The summed E-state index contributed by atoms with van der Waals surface area (Å²) in [6, 6.07) is 10.6. The molecule has 11 nitrogen and oxygen atoms in total. The molecule has 2 aromatic heterocycles. The molecule has 0 spiro atoms. The van der Waals surface area contributed by atoms with Gasteiger partial charge < -0.3 is 30.2 Å². The molecule has 12 heteroatoms. The molecule has 1 saturated heterocycles. The summed E-state index contributed by atoms with van der Waals surface area (Å²) in [5.74, 6) is 1.36. The number of nitrogens with one attached hydrogen (secondary N) is 3. The van der Waals surface area contributed by atoms with E-state index in [0.29, 0.717) is 30.2 Å². The van der Waals surface area contributed by atoms with Crippen molar-refractivity contribution in [3.8, 4) is 11.3 Å². The molecular formula is C50H66IN9O2. The van der Waals surface area contributed by atoms with Crippen molar-refractivity contribution in [3.05, 3.63) is 112 Å². The van der Waals surface area contributed by atoms with E-state index in [0.717, 1.165) is 125 Å². The first-order valence-corrected chi connectivity index (χ1v) is 23.4. The number of anilines is 1. The van der Waals surface area contributed by atoms with Crippen molar-refractivity contribution >= 4 is 77.4 Å². The zero-order chi connectivity index (χ0) is 44.8. The number of carbonyl (C=O) groups excluding carboxylic acids is 2. The van der Waals surface area contributed by atoms with Crippen molar-refractivity contribution in [2.24, 2.45) is 18.1 Å². The Morgan fingerprint density at radius 3 is 2.45 bits per heavy atom. The summed E-state index contributed by atoms with van der Waals surface area (Å²) in [6.45, 7) is 28.7. The average molecular weight is 952 g/mol. The Balaban J connectivity index is 0.000000249. The number of rotatable bonds is 18. The third-order valence-corrected chi connectivity index (χ3v) is 12.4. The summed E-state index contributed by atoms with van der Waals surface area (Å²) in [6.07, 6.45) is 20.3. The third-order valence-electron chi connectivity index (χ3n) is 11.8. The van der Waals surface area contributed by atoms with Crippen LogP contribution < -0.4 is 42.0 Å². The highest BCUT2D eigenvalue weighted by Gasteiger charge is 2.32. The van der Waals surface area contributed by atoms with Gasteiger partial charge in [-0.2, -0.15) is 10.2 Å².